The first kappa shape index (κ1) is 12.1. The number of rotatable bonds is 5. The number of nitrogens with one attached hydrogen (secondary N) is 1. The summed E-state index contributed by atoms with van der Waals surface area (Å²) in [6.45, 7) is 1.21. The highest BCUT2D eigenvalue weighted by Crippen LogP contribution is 2.15. The molecule has 0 fully saturated rings. The zero-order valence-corrected chi connectivity index (χ0v) is 11.1. The van der Waals surface area contributed by atoms with Crippen molar-refractivity contribution in [1.82, 2.24) is 19.6 Å². The third-order valence-electron chi connectivity index (χ3n) is 2.26. The van der Waals surface area contributed by atoms with E-state index in [-0.39, 0.29) is 6.61 Å². The Balaban J connectivity index is 1.95. The molecular formula is C10H14BrN5O. The predicted molar refractivity (Wildman–Crippen MR) is 67.5 cm³/mol. The van der Waals surface area contributed by atoms with Gasteiger partial charge in [0.15, 0.2) is 0 Å². The first-order chi connectivity index (χ1) is 8.19. The van der Waals surface area contributed by atoms with Crippen LogP contribution >= 0.6 is 15.9 Å². The third-order valence-corrected chi connectivity index (χ3v) is 2.92. The fraction of sp³-hybridized carbons (Fsp3) is 0.400. The van der Waals surface area contributed by atoms with Gasteiger partial charge in [0.2, 0.25) is 0 Å². The monoisotopic (exact) mass is 299 g/mol. The Labute approximate surface area is 107 Å². The van der Waals surface area contributed by atoms with Crippen molar-refractivity contribution in [2.24, 2.45) is 7.05 Å². The molecule has 0 saturated heterocycles. The molecule has 0 aromatic carbocycles. The molecule has 0 radical (unpaired) electrons. The minimum Gasteiger partial charge on any atom is -0.394 e. The topological polar surface area (TPSA) is 67.9 Å². The molecule has 7 heteroatoms. The van der Waals surface area contributed by atoms with Crippen molar-refractivity contribution in [2.75, 3.05) is 11.9 Å². The molecule has 92 valence electrons. The largest absolute Gasteiger partial charge is 0.394 e. The number of aryl methyl sites for hydroxylation is 1. The van der Waals surface area contributed by atoms with E-state index in [9.17, 15) is 0 Å². The van der Waals surface area contributed by atoms with Crippen LogP contribution in [0.15, 0.2) is 22.9 Å². The van der Waals surface area contributed by atoms with Crippen LogP contribution in [0.1, 0.15) is 5.69 Å². The second-order valence-corrected chi connectivity index (χ2v) is 4.49. The highest BCUT2D eigenvalue weighted by molar-refractivity contribution is 9.10. The summed E-state index contributed by atoms with van der Waals surface area (Å²) in [5.74, 6) is 0.774. The molecular weight excluding hydrogens is 286 g/mol. The number of aliphatic hydroxyl groups is 1. The lowest BCUT2D eigenvalue weighted by Gasteiger charge is -2.00. The Kier molecular flexibility index (Phi) is 3.80. The zero-order valence-electron chi connectivity index (χ0n) is 9.47. The fourth-order valence-corrected chi connectivity index (χ4v) is 2.00. The molecule has 0 aliphatic carbocycles. The van der Waals surface area contributed by atoms with E-state index in [1.165, 1.54) is 0 Å². The Morgan fingerprint density at radius 2 is 2.29 bits per heavy atom. The molecule has 17 heavy (non-hydrogen) atoms. The lowest BCUT2D eigenvalue weighted by Crippen LogP contribution is -2.05. The summed E-state index contributed by atoms with van der Waals surface area (Å²) in [4.78, 5) is 0. The van der Waals surface area contributed by atoms with Crippen LogP contribution < -0.4 is 5.32 Å². The van der Waals surface area contributed by atoms with Gasteiger partial charge in [-0.05, 0) is 15.9 Å². The zero-order chi connectivity index (χ0) is 12.3. The van der Waals surface area contributed by atoms with Crippen molar-refractivity contribution in [3.63, 3.8) is 0 Å². The molecule has 6 nitrogen and oxygen atoms in total. The van der Waals surface area contributed by atoms with Gasteiger partial charge in [-0.2, -0.15) is 10.2 Å². The van der Waals surface area contributed by atoms with Gasteiger partial charge in [-0.25, -0.2) is 0 Å². The van der Waals surface area contributed by atoms with Crippen molar-refractivity contribution in [2.45, 2.75) is 13.1 Å². The van der Waals surface area contributed by atoms with Gasteiger partial charge in [-0.1, -0.05) is 0 Å². The number of hydrogen-bond donors (Lipinski definition) is 2. The van der Waals surface area contributed by atoms with Crippen LogP contribution in [-0.4, -0.2) is 31.3 Å². The maximum atomic E-state index is 8.78. The standard InChI is InChI=1S/C10H14BrN5O/c1-15-7-8(11)9(13-15)6-12-10-2-3-16(14-10)4-5-17/h2-3,7,17H,4-6H2,1H3,(H,12,14). The summed E-state index contributed by atoms with van der Waals surface area (Å²) in [6, 6.07) is 1.87. The number of halogens is 1. The molecule has 2 aromatic heterocycles. The van der Waals surface area contributed by atoms with Crippen LogP contribution in [0.5, 0.6) is 0 Å². The normalized spacial score (nSPS) is 10.8. The molecule has 0 unspecified atom stereocenters. The molecule has 0 aliphatic heterocycles. The molecule has 2 aromatic rings. The van der Waals surface area contributed by atoms with Crippen LogP contribution in [0.3, 0.4) is 0 Å². The Hall–Kier alpha value is -1.34. The van der Waals surface area contributed by atoms with E-state index in [4.69, 9.17) is 5.11 Å². The molecule has 0 bridgehead atoms. The first-order valence-corrected chi connectivity index (χ1v) is 6.04. The van der Waals surface area contributed by atoms with Gasteiger partial charge in [0, 0.05) is 25.5 Å². The molecule has 2 heterocycles. The molecule has 0 amide bonds. The Morgan fingerprint density at radius 3 is 2.94 bits per heavy atom. The molecule has 0 aliphatic rings. The van der Waals surface area contributed by atoms with Gasteiger partial charge in [-0.15, -0.1) is 0 Å². The summed E-state index contributed by atoms with van der Waals surface area (Å²) in [7, 11) is 1.88. The van der Waals surface area contributed by atoms with Crippen molar-refractivity contribution < 1.29 is 5.11 Å². The van der Waals surface area contributed by atoms with E-state index >= 15 is 0 Å². The van der Waals surface area contributed by atoms with Crippen molar-refractivity contribution in [3.05, 3.63) is 28.6 Å². The van der Waals surface area contributed by atoms with E-state index in [1.807, 2.05) is 25.5 Å². The van der Waals surface area contributed by atoms with Gasteiger partial charge >= 0.3 is 0 Å². The Bertz CT molecular complexity index is 493. The summed E-state index contributed by atoms with van der Waals surface area (Å²) in [5, 5.41) is 20.5. The predicted octanol–water partition coefficient (Wildman–Crippen LogP) is 0.983. The second-order valence-electron chi connectivity index (χ2n) is 3.64. The third kappa shape index (κ3) is 3.07. The average Bonchev–Trinajstić information content (AvgIpc) is 2.83. The summed E-state index contributed by atoms with van der Waals surface area (Å²) < 4.78 is 4.42. The maximum Gasteiger partial charge on any atom is 0.148 e. The number of nitrogens with zero attached hydrogens (tertiary/aromatic N) is 4. The summed E-state index contributed by atoms with van der Waals surface area (Å²) in [6.07, 6.45) is 3.73. The van der Waals surface area contributed by atoms with Crippen LogP contribution in [0.4, 0.5) is 5.82 Å². The van der Waals surface area contributed by atoms with Crippen LogP contribution in [0, 0.1) is 0 Å². The van der Waals surface area contributed by atoms with Gasteiger partial charge < -0.3 is 10.4 Å². The van der Waals surface area contributed by atoms with Crippen LogP contribution in [-0.2, 0) is 20.1 Å². The first-order valence-electron chi connectivity index (χ1n) is 5.25. The number of aliphatic hydroxyl groups excluding tert-OH is 1. The number of anilines is 1. The van der Waals surface area contributed by atoms with Crippen LogP contribution in [0.25, 0.3) is 0 Å². The minimum absolute atomic E-state index is 0.0902. The highest BCUT2D eigenvalue weighted by Gasteiger charge is 2.05. The summed E-state index contributed by atoms with van der Waals surface area (Å²) in [5.41, 5.74) is 0.934. The lowest BCUT2D eigenvalue weighted by atomic mass is 10.4. The fourth-order valence-electron chi connectivity index (χ4n) is 1.48. The van der Waals surface area contributed by atoms with Gasteiger partial charge in [0.25, 0.3) is 0 Å². The SMILES string of the molecule is Cn1cc(Br)c(CNc2ccn(CCO)n2)n1. The minimum atomic E-state index is 0.0902. The van der Waals surface area contributed by atoms with Gasteiger partial charge in [0.1, 0.15) is 5.82 Å². The smallest absolute Gasteiger partial charge is 0.148 e. The lowest BCUT2D eigenvalue weighted by molar-refractivity contribution is 0.269. The van der Waals surface area contributed by atoms with E-state index in [0.29, 0.717) is 13.1 Å². The number of hydrogen-bond acceptors (Lipinski definition) is 4. The van der Waals surface area contributed by atoms with Crippen molar-refractivity contribution in [3.8, 4) is 0 Å². The van der Waals surface area contributed by atoms with E-state index < -0.39 is 0 Å². The molecule has 0 atom stereocenters. The Morgan fingerprint density at radius 1 is 1.47 bits per heavy atom. The van der Waals surface area contributed by atoms with Crippen molar-refractivity contribution in [1.29, 1.82) is 0 Å². The van der Waals surface area contributed by atoms with Crippen molar-refractivity contribution >= 4 is 21.7 Å². The van der Waals surface area contributed by atoms with Crippen LogP contribution in [0.2, 0.25) is 0 Å². The number of aromatic nitrogens is 4. The molecule has 2 rings (SSSR count). The second kappa shape index (κ2) is 5.33. The van der Waals surface area contributed by atoms with E-state index in [1.54, 1.807) is 9.36 Å². The van der Waals surface area contributed by atoms with E-state index in [2.05, 4.69) is 31.4 Å². The van der Waals surface area contributed by atoms with E-state index in [0.717, 1.165) is 16.0 Å². The van der Waals surface area contributed by atoms with Gasteiger partial charge in [0.05, 0.1) is 29.9 Å². The summed E-state index contributed by atoms with van der Waals surface area (Å²) >= 11 is 3.44. The molecule has 0 saturated carbocycles. The molecule has 0 spiro atoms. The quantitative estimate of drug-likeness (QED) is 0.864. The maximum absolute atomic E-state index is 8.78. The average molecular weight is 300 g/mol. The molecule has 2 N–H and O–H groups in total. The van der Waals surface area contributed by atoms with Gasteiger partial charge in [-0.3, -0.25) is 9.36 Å². The highest BCUT2D eigenvalue weighted by atomic mass is 79.9.